The smallest absolute Gasteiger partial charge is 0.136 e. The molecule has 0 bridgehead atoms. The molecule has 1 fully saturated rings. The molecule has 2 aromatic carbocycles. The monoisotopic (exact) mass is 426 g/mol. The first kappa shape index (κ1) is 20.0. The summed E-state index contributed by atoms with van der Waals surface area (Å²) in [5.74, 6) is 1.64. The molecule has 0 radical (unpaired) electrons. The van der Waals surface area contributed by atoms with Crippen LogP contribution in [0.5, 0.6) is 0 Å². The molecule has 5 rings (SSSR count). The van der Waals surface area contributed by atoms with Crippen molar-refractivity contribution in [3.05, 3.63) is 71.4 Å². The molecule has 150 valence electrons. The maximum absolute atomic E-state index is 6.19. The summed E-state index contributed by atoms with van der Waals surface area (Å²) < 4.78 is 2.30. The van der Waals surface area contributed by atoms with Crippen molar-refractivity contribution in [1.82, 2.24) is 14.9 Å². The van der Waals surface area contributed by atoms with E-state index in [0.29, 0.717) is 5.92 Å². The number of anilines is 1. The zero-order valence-corrected chi connectivity index (χ0v) is 17.6. The summed E-state index contributed by atoms with van der Waals surface area (Å²) in [7, 11) is 0. The lowest BCUT2D eigenvalue weighted by Gasteiger charge is -2.14. The predicted molar refractivity (Wildman–Crippen MR) is 125 cm³/mol. The molecule has 0 aliphatic carbocycles. The van der Waals surface area contributed by atoms with Gasteiger partial charge in [-0.15, -0.1) is 12.4 Å². The van der Waals surface area contributed by atoms with Gasteiger partial charge in [0.1, 0.15) is 5.82 Å². The van der Waals surface area contributed by atoms with Crippen LogP contribution in [0.1, 0.15) is 12.0 Å². The first-order valence-electron chi connectivity index (χ1n) is 9.84. The van der Waals surface area contributed by atoms with Crippen molar-refractivity contribution < 1.29 is 0 Å². The van der Waals surface area contributed by atoms with Gasteiger partial charge in [-0.3, -0.25) is 0 Å². The molecule has 29 heavy (non-hydrogen) atoms. The van der Waals surface area contributed by atoms with E-state index in [0.717, 1.165) is 42.5 Å². The minimum Gasteiger partial charge on any atom is -0.369 e. The Hall–Kier alpha value is -2.27. The fourth-order valence-electron chi connectivity index (χ4n) is 4.14. The highest BCUT2D eigenvalue weighted by atomic mass is 35.5. The molecule has 2 aromatic heterocycles. The summed E-state index contributed by atoms with van der Waals surface area (Å²) in [6.45, 7) is 3.93. The van der Waals surface area contributed by atoms with Crippen molar-refractivity contribution in [3.8, 4) is 0 Å². The highest BCUT2D eigenvalue weighted by Gasteiger charge is 2.17. The lowest BCUT2D eigenvalue weighted by atomic mass is 10.1. The van der Waals surface area contributed by atoms with Gasteiger partial charge in [-0.05, 0) is 55.3 Å². The average molecular weight is 427 g/mol. The van der Waals surface area contributed by atoms with Gasteiger partial charge in [-0.25, -0.2) is 4.98 Å². The van der Waals surface area contributed by atoms with Gasteiger partial charge in [-0.2, -0.15) is 0 Å². The molecule has 0 amide bonds. The molecule has 0 spiro atoms. The fraction of sp³-hybridized carbons (Fsp3) is 0.261. The quantitative estimate of drug-likeness (QED) is 0.452. The van der Waals surface area contributed by atoms with Crippen LogP contribution in [-0.2, 0) is 6.54 Å². The van der Waals surface area contributed by atoms with Crippen LogP contribution in [-0.4, -0.2) is 29.2 Å². The van der Waals surface area contributed by atoms with E-state index in [-0.39, 0.29) is 12.4 Å². The van der Waals surface area contributed by atoms with Crippen molar-refractivity contribution in [2.45, 2.75) is 13.0 Å². The fourth-order valence-corrected chi connectivity index (χ4v) is 4.36. The van der Waals surface area contributed by atoms with E-state index in [1.165, 1.54) is 28.3 Å². The Morgan fingerprint density at radius 3 is 2.83 bits per heavy atom. The number of hydrogen-bond acceptors (Lipinski definition) is 3. The number of rotatable bonds is 5. The molecular formula is C23H24Cl2N4. The molecule has 1 atom stereocenters. The molecule has 1 saturated heterocycles. The number of fused-ring (bicyclic) bond motifs is 3. The van der Waals surface area contributed by atoms with E-state index in [1.54, 1.807) is 0 Å². The SMILES string of the molecule is Cl.Clc1cccc(Cn2ccc3c(NC[C@H]4CCNC4)nc4ccccc4c32)c1. The van der Waals surface area contributed by atoms with Crippen LogP contribution in [0.3, 0.4) is 0 Å². The Bertz CT molecular complexity index is 1130. The second-order valence-electron chi connectivity index (χ2n) is 7.55. The molecule has 0 saturated carbocycles. The summed E-state index contributed by atoms with van der Waals surface area (Å²) in [4.78, 5) is 4.93. The van der Waals surface area contributed by atoms with E-state index < -0.39 is 0 Å². The highest BCUT2D eigenvalue weighted by Crippen LogP contribution is 2.31. The lowest BCUT2D eigenvalue weighted by Crippen LogP contribution is -2.17. The van der Waals surface area contributed by atoms with Crippen molar-refractivity contribution in [1.29, 1.82) is 0 Å². The molecule has 1 aliphatic rings. The average Bonchev–Trinajstić information content (AvgIpc) is 3.37. The molecule has 4 nitrogen and oxygen atoms in total. The lowest BCUT2D eigenvalue weighted by molar-refractivity contribution is 0.615. The summed E-state index contributed by atoms with van der Waals surface area (Å²) in [6.07, 6.45) is 3.38. The third-order valence-corrected chi connectivity index (χ3v) is 5.81. The van der Waals surface area contributed by atoms with Crippen molar-refractivity contribution in [3.63, 3.8) is 0 Å². The highest BCUT2D eigenvalue weighted by molar-refractivity contribution is 6.30. The largest absolute Gasteiger partial charge is 0.369 e. The minimum atomic E-state index is 0. The Morgan fingerprint density at radius 1 is 1.10 bits per heavy atom. The van der Waals surface area contributed by atoms with Crippen LogP contribution in [0.2, 0.25) is 5.02 Å². The number of aromatic nitrogens is 2. The van der Waals surface area contributed by atoms with Gasteiger partial charge >= 0.3 is 0 Å². The molecule has 3 heterocycles. The van der Waals surface area contributed by atoms with Crippen molar-refractivity contribution in [2.75, 3.05) is 25.0 Å². The van der Waals surface area contributed by atoms with Gasteiger partial charge < -0.3 is 15.2 Å². The van der Waals surface area contributed by atoms with Gasteiger partial charge in [-0.1, -0.05) is 41.9 Å². The van der Waals surface area contributed by atoms with E-state index in [9.17, 15) is 0 Å². The topological polar surface area (TPSA) is 41.9 Å². The number of hydrogen-bond donors (Lipinski definition) is 2. The van der Waals surface area contributed by atoms with E-state index in [4.69, 9.17) is 16.6 Å². The van der Waals surface area contributed by atoms with Crippen molar-refractivity contribution >= 4 is 51.6 Å². The van der Waals surface area contributed by atoms with Gasteiger partial charge in [0.25, 0.3) is 0 Å². The maximum Gasteiger partial charge on any atom is 0.136 e. The Kier molecular flexibility index (Phi) is 5.95. The number of benzene rings is 2. The Morgan fingerprint density at radius 2 is 2.00 bits per heavy atom. The first-order valence-corrected chi connectivity index (χ1v) is 10.2. The van der Waals surface area contributed by atoms with E-state index in [2.05, 4.69) is 57.8 Å². The molecule has 2 N–H and O–H groups in total. The van der Waals surface area contributed by atoms with Crippen LogP contribution >= 0.6 is 24.0 Å². The molecule has 0 unspecified atom stereocenters. The molecule has 4 aromatic rings. The molecule has 1 aliphatic heterocycles. The minimum absolute atomic E-state index is 0. The van der Waals surface area contributed by atoms with Gasteiger partial charge in [0, 0.05) is 35.1 Å². The number of nitrogens with one attached hydrogen (secondary N) is 2. The molecular weight excluding hydrogens is 403 g/mol. The van der Waals surface area contributed by atoms with Crippen LogP contribution in [0.15, 0.2) is 60.8 Å². The van der Waals surface area contributed by atoms with Gasteiger partial charge in [0.05, 0.1) is 11.0 Å². The Balaban J connectivity index is 0.00000205. The zero-order chi connectivity index (χ0) is 18.9. The summed E-state index contributed by atoms with van der Waals surface area (Å²) >= 11 is 6.19. The number of para-hydroxylation sites is 1. The van der Waals surface area contributed by atoms with Crippen molar-refractivity contribution in [2.24, 2.45) is 5.92 Å². The normalized spacial score (nSPS) is 16.2. The number of nitrogens with zero attached hydrogens (tertiary/aromatic N) is 2. The number of halogens is 2. The molecule has 6 heteroatoms. The van der Waals surface area contributed by atoms with Crippen LogP contribution in [0.25, 0.3) is 21.8 Å². The second-order valence-corrected chi connectivity index (χ2v) is 7.99. The summed E-state index contributed by atoms with van der Waals surface area (Å²) in [6, 6.07) is 18.6. The third-order valence-electron chi connectivity index (χ3n) is 5.57. The number of pyridine rings is 1. The maximum atomic E-state index is 6.19. The second kappa shape index (κ2) is 8.62. The predicted octanol–water partition coefficient (Wildman–Crippen LogP) is 5.33. The van der Waals surface area contributed by atoms with Gasteiger partial charge in [0.15, 0.2) is 0 Å². The zero-order valence-electron chi connectivity index (χ0n) is 16.1. The summed E-state index contributed by atoms with van der Waals surface area (Å²) in [5, 5.41) is 10.2. The van der Waals surface area contributed by atoms with Crippen LogP contribution < -0.4 is 10.6 Å². The van der Waals surface area contributed by atoms with Crippen LogP contribution in [0, 0.1) is 5.92 Å². The van der Waals surface area contributed by atoms with Crippen LogP contribution in [0.4, 0.5) is 5.82 Å². The van der Waals surface area contributed by atoms with E-state index >= 15 is 0 Å². The first-order chi connectivity index (χ1) is 13.8. The van der Waals surface area contributed by atoms with Gasteiger partial charge in [0.2, 0.25) is 0 Å². The van der Waals surface area contributed by atoms with E-state index in [1.807, 2.05) is 18.2 Å². The third kappa shape index (κ3) is 4.06. The standard InChI is InChI=1S/C23H23ClN4.ClH/c24-18-5-3-4-16(12-18)15-28-11-9-20-22(28)19-6-1-2-7-21(19)27-23(20)26-14-17-8-10-25-13-17;/h1-7,9,11-12,17,25H,8,10,13-15H2,(H,26,27);1H/t17-;/m0./s1. The summed E-state index contributed by atoms with van der Waals surface area (Å²) in [5.41, 5.74) is 3.43. The Labute approximate surface area is 181 Å².